The zero-order valence-corrected chi connectivity index (χ0v) is 13.8. The van der Waals surface area contributed by atoms with E-state index in [1.165, 1.54) is 4.31 Å². The first-order valence-corrected chi connectivity index (χ1v) is 8.95. The number of benzene rings is 1. The molecule has 1 aliphatic rings. The van der Waals surface area contributed by atoms with Gasteiger partial charge in [-0.1, -0.05) is 31.5 Å². The standard InChI is InChI=1S/C16H24N2O2S/c1-12(2)11-16(17)18(14-5-4-6-14)21(19,20)15-9-7-13(3)8-10-15/h7-10,12,14,17H,4-6,11H2,1-3H3. The molecule has 4 nitrogen and oxygen atoms in total. The van der Waals surface area contributed by atoms with Crippen LogP contribution in [0.2, 0.25) is 0 Å². The molecule has 0 aromatic heterocycles. The number of aryl methyl sites for hydroxylation is 1. The first-order chi connectivity index (χ1) is 9.82. The van der Waals surface area contributed by atoms with Gasteiger partial charge in [0.2, 0.25) is 0 Å². The van der Waals surface area contributed by atoms with Gasteiger partial charge in [-0.3, -0.25) is 9.71 Å². The van der Waals surface area contributed by atoms with Crippen molar-refractivity contribution in [3.8, 4) is 0 Å². The zero-order chi connectivity index (χ0) is 15.6. The lowest BCUT2D eigenvalue weighted by molar-refractivity contribution is 0.282. The molecule has 1 N–H and O–H groups in total. The summed E-state index contributed by atoms with van der Waals surface area (Å²) in [7, 11) is -3.61. The van der Waals surface area contributed by atoms with Gasteiger partial charge < -0.3 is 0 Å². The third-order valence-electron chi connectivity index (χ3n) is 3.85. The summed E-state index contributed by atoms with van der Waals surface area (Å²) in [6, 6.07) is 6.84. The number of rotatable bonds is 5. The van der Waals surface area contributed by atoms with Gasteiger partial charge in [-0.25, -0.2) is 8.42 Å². The number of hydrogen-bond donors (Lipinski definition) is 1. The summed E-state index contributed by atoms with van der Waals surface area (Å²) < 4.78 is 27.1. The van der Waals surface area contributed by atoms with Crippen molar-refractivity contribution in [2.45, 2.75) is 57.4 Å². The molecule has 0 saturated heterocycles. The molecule has 2 rings (SSSR count). The molecule has 0 atom stereocenters. The fourth-order valence-corrected chi connectivity index (χ4v) is 4.16. The Bertz CT molecular complexity index is 602. The molecule has 0 bridgehead atoms. The van der Waals surface area contributed by atoms with E-state index < -0.39 is 10.0 Å². The van der Waals surface area contributed by atoms with E-state index in [-0.39, 0.29) is 22.7 Å². The normalized spacial score (nSPS) is 15.8. The summed E-state index contributed by atoms with van der Waals surface area (Å²) in [4.78, 5) is 0.286. The molecule has 0 amide bonds. The summed E-state index contributed by atoms with van der Waals surface area (Å²) in [6.45, 7) is 5.94. The highest BCUT2D eigenvalue weighted by molar-refractivity contribution is 7.89. The van der Waals surface area contributed by atoms with E-state index in [1.54, 1.807) is 24.3 Å². The molecule has 116 valence electrons. The molecule has 21 heavy (non-hydrogen) atoms. The quantitative estimate of drug-likeness (QED) is 0.668. The van der Waals surface area contributed by atoms with E-state index in [2.05, 4.69) is 0 Å². The van der Waals surface area contributed by atoms with E-state index in [1.807, 2.05) is 20.8 Å². The molecule has 1 aliphatic carbocycles. The molecule has 0 heterocycles. The third kappa shape index (κ3) is 3.46. The predicted molar refractivity (Wildman–Crippen MR) is 85.0 cm³/mol. The smallest absolute Gasteiger partial charge is 0.265 e. The molecule has 0 unspecified atom stereocenters. The average molecular weight is 308 g/mol. The maximum Gasteiger partial charge on any atom is 0.265 e. The second-order valence-electron chi connectivity index (χ2n) is 6.24. The summed E-state index contributed by atoms with van der Waals surface area (Å²) in [5, 5.41) is 8.24. The monoisotopic (exact) mass is 308 g/mol. The van der Waals surface area contributed by atoms with Crippen molar-refractivity contribution in [1.82, 2.24) is 4.31 Å². The molecule has 5 heteroatoms. The maximum atomic E-state index is 12.9. The van der Waals surface area contributed by atoms with E-state index >= 15 is 0 Å². The minimum atomic E-state index is -3.61. The van der Waals surface area contributed by atoms with Crippen LogP contribution >= 0.6 is 0 Å². The van der Waals surface area contributed by atoms with Gasteiger partial charge in [0.15, 0.2) is 0 Å². The van der Waals surface area contributed by atoms with Gasteiger partial charge in [0.1, 0.15) is 5.84 Å². The average Bonchev–Trinajstić information content (AvgIpc) is 2.32. The molecule has 1 aromatic rings. The van der Waals surface area contributed by atoms with Crippen LogP contribution in [0.5, 0.6) is 0 Å². The van der Waals surface area contributed by atoms with Crippen molar-refractivity contribution in [2.75, 3.05) is 0 Å². The first-order valence-electron chi connectivity index (χ1n) is 7.51. The van der Waals surface area contributed by atoms with Crippen LogP contribution < -0.4 is 0 Å². The highest BCUT2D eigenvalue weighted by Crippen LogP contribution is 2.31. The van der Waals surface area contributed by atoms with Gasteiger partial charge in [-0.05, 0) is 44.2 Å². The van der Waals surface area contributed by atoms with Gasteiger partial charge in [-0.2, -0.15) is 0 Å². The van der Waals surface area contributed by atoms with Crippen LogP contribution in [0.4, 0.5) is 0 Å². The minimum absolute atomic E-state index is 0.0393. The van der Waals surface area contributed by atoms with Crippen molar-refractivity contribution >= 4 is 15.9 Å². The molecular weight excluding hydrogens is 284 g/mol. The number of nitrogens with zero attached hydrogens (tertiary/aromatic N) is 1. The molecule has 0 radical (unpaired) electrons. The lowest BCUT2D eigenvalue weighted by atomic mass is 9.92. The first kappa shape index (κ1) is 16.0. The highest BCUT2D eigenvalue weighted by Gasteiger charge is 2.36. The van der Waals surface area contributed by atoms with Crippen LogP contribution in [-0.2, 0) is 10.0 Å². The SMILES string of the molecule is Cc1ccc(S(=O)(=O)N(C(=N)CC(C)C)C2CCC2)cc1. The van der Waals surface area contributed by atoms with Gasteiger partial charge in [0.25, 0.3) is 10.0 Å². The van der Waals surface area contributed by atoms with Crippen LogP contribution in [0.1, 0.15) is 45.1 Å². The molecule has 0 spiro atoms. The Morgan fingerprint density at radius 2 is 1.86 bits per heavy atom. The maximum absolute atomic E-state index is 12.9. The lowest BCUT2D eigenvalue weighted by Gasteiger charge is -2.38. The zero-order valence-electron chi connectivity index (χ0n) is 13.0. The van der Waals surface area contributed by atoms with E-state index in [4.69, 9.17) is 5.41 Å². The molecule has 1 aromatic carbocycles. The van der Waals surface area contributed by atoms with Crippen molar-refractivity contribution < 1.29 is 8.42 Å². The van der Waals surface area contributed by atoms with E-state index in [9.17, 15) is 8.42 Å². The van der Waals surface area contributed by atoms with Crippen molar-refractivity contribution in [3.63, 3.8) is 0 Å². The third-order valence-corrected chi connectivity index (χ3v) is 5.76. The van der Waals surface area contributed by atoms with Crippen LogP contribution in [0.25, 0.3) is 0 Å². The summed E-state index contributed by atoms with van der Waals surface area (Å²) in [5.41, 5.74) is 1.03. The van der Waals surface area contributed by atoms with Crippen LogP contribution in [0.3, 0.4) is 0 Å². The number of hydrogen-bond acceptors (Lipinski definition) is 3. The second-order valence-corrected chi connectivity index (χ2v) is 8.06. The van der Waals surface area contributed by atoms with Crippen LogP contribution in [0.15, 0.2) is 29.2 Å². The van der Waals surface area contributed by atoms with Gasteiger partial charge >= 0.3 is 0 Å². The van der Waals surface area contributed by atoms with E-state index in [0.29, 0.717) is 6.42 Å². The molecule has 1 fully saturated rings. The van der Waals surface area contributed by atoms with Crippen LogP contribution in [0, 0.1) is 18.3 Å². The Balaban J connectivity index is 2.34. The molecule has 0 aliphatic heterocycles. The predicted octanol–water partition coefficient (Wildman–Crippen LogP) is 3.56. The Morgan fingerprint density at radius 3 is 2.29 bits per heavy atom. The summed E-state index contributed by atoms with van der Waals surface area (Å²) in [5.74, 6) is 0.489. The lowest BCUT2D eigenvalue weighted by Crippen LogP contribution is -2.47. The van der Waals surface area contributed by atoms with E-state index in [0.717, 1.165) is 24.8 Å². The molecular formula is C16H24N2O2S. The molecule has 1 saturated carbocycles. The minimum Gasteiger partial charge on any atom is -0.288 e. The Labute approximate surface area is 127 Å². The Hall–Kier alpha value is -1.36. The fourth-order valence-electron chi connectivity index (χ4n) is 2.48. The van der Waals surface area contributed by atoms with Gasteiger partial charge in [0, 0.05) is 12.5 Å². The van der Waals surface area contributed by atoms with Crippen molar-refractivity contribution in [3.05, 3.63) is 29.8 Å². The van der Waals surface area contributed by atoms with Gasteiger partial charge in [0.05, 0.1) is 4.90 Å². The number of sulfonamides is 1. The Kier molecular flexibility index (Phi) is 4.71. The topological polar surface area (TPSA) is 61.2 Å². The van der Waals surface area contributed by atoms with Gasteiger partial charge in [-0.15, -0.1) is 0 Å². The number of amidine groups is 1. The second kappa shape index (κ2) is 6.18. The van der Waals surface area contributed by atoms with Crippen LogP contribution in [-0.4, -0.2) is 24.6 Å². The summed E-state index contributed by atoms with van der Waals surface area (Å²) >= 11 is 0. The highest BCUT2D eigenvalue weighted by atomic mass is 32.2. The largest absolute Gasteiger partial charge is 0.288 e. The number of nitrogens with one attached hydrogen (secondary N) is 1. The Morgan fingerprint density at radius 1 is 1.29 bits per heavy atom. The van der Waals surface area contributed by atoms with Crippen molar-refractivity contribution in [1.29, 1.82) is 5.41 Å². The van der Waals surface area contributed by atoms with Crippen molar-refractivity contribution in [2.24, 2.45) is 5.92 Å². The fraction of sp³-hybridized carbons (Fsp3) is 0.562. The summed E-state index contributed by atoms with van der Waals surface area (Å²) in [6.07, 6.45) is 3.23.